The topological polar surface area (TPSA) is 33.1 Å². The first kappa shape index (κ1) is 20.9. The maximum atomic E-state index is 13.3. The number of imidazole rings is 1. The van der Waals surface area contributed by atoms with Crippen molar-refractivity contribution in [3.8, 4) is 5.69 Å². The molecule has 1 saturated carbocycles. The van der Waals surface area contributed by atoms with E-state index in [0.717, 1.165) is 29.4 Å². The summed E-state index contributed by atoms with van der Waals surface area (Å²) in [6.07, 6.45) is 8.57. The number of hydrogen-bond acceptors (Lipinski definition) is 3. The molecule has 0 spiro atoms. The zero-order chi connectivity index (χ0) is 20.9. The molecule has 3 aromatic rings. The van der Waals surface area contributed by atoms with Gasteiger partial charge in [-0.05, 0) is 61.4 Å². The molecule has 1 aliphatic carbocycles. The first-order valence-corrected chi connectivity index (χ1v) is 11.0. The fourth-order valence-electron chi connectivity index (χ4n) is 4.05. The van der Waals surface area contributed by atoms with Gasteiger partial charge in [0, 0.05) is 42.2 Å². The Morgan fingerprint density at radius 2 is 1.77 bits per heavy atom. The molecule has 0 aliphatic heterocycles. The molecule has 4 nitrogen and oxygen atoms in total. The predicted molar refractivity (Wildman–Crippen MR) is 121 cm³/mol. The fraction of sp³-hybridized carbons (Fsp3) is 0.375. The molecule has 30 heavy (non-hydrogen) atoms. The van der Waals surface area contributed by atoms with Gasteiger partial charge >= 0.3 is 0 Å². The van der Waals surface area contributed by atoms with E-state index in [2.05, 4.69) is 21.0 Å². The van der Waals surface area contributed by atoms with Crippen LogP contribution in [0.15, 0.2) is 54.7 Å². The van der Waals surface area contributed by atoms with Crippen molar-refractivity contribution in [2.45, 2.75) is 51.2 Å². The van der Waals surface area contributed by atoms with Crippen molar-refractivity contribution < 1.29 is 4.39 Å². The SMILES string of the molecule is CN(Cc1nc(CNC2CCCCC2)cn1-c1ccc(Cl)cc1)c1ccc(F)cc1. The number of nitrogens with one attached hydrogen (secondary N) is 1. The van der Waals surface area contributed by atoms with Crippen LogP contribution in [-0.4, -0.2) is 22.6 Å². The van der Waals surface area contributed by atoms with E-state index in [1.807, 2.05) is 31.3 Å². The third-order valence-electron chi connectivity index (χ3n) is 5.76. The van der Waals surface area contributed by atoms with Crippen molar-refractivity contribution in [2.75, 3.05) is 11.9 Å². The zero-order valence-corrected chi connectivity index (χ0v) is 18.1. The van der Waals surface area contributed by atoms with Crippen LogP contribution in [0.25, 0.3) is 5.69 Å². The van der Waals surface area contributed by atoms with Gasteiger partial charge in [0.15, 0.2) is 0 Å². The molecule has 158 valence electrons. The highest BCUT2D eigenvalue weighted by Gasteiger charge is 2.16. The summed E-state index contributed by atoms with van der Waals surface area (Å²) in [6, 6.07) is 14.9. The Morgan fingerprint density at radius 1 is 1.07 bits per heavy atom. The second kappa shape index (κ2) is 9.63. The zero-order valence-electron chi connectivity index (χ0n) is 17.3. The highest BCUT2D eigenvalue weighted by molar-refractivity contribution is 6.30. The highest BCUT2D eigenvalue weighted by Crippen LogP contribution is 2.21. The van der Waals surface area contributed by atoms with E-state index in [1.54, 1.807) is 12.1 Å². The molecule has 4 rings (SSSR count). The monoisotopic (exact) mass is 426 g/mol. The van der Waals surface area contributed by atoms with Crippen LogP contribution in [0.4, 0.5) is 10.1 Å². The Bertz CT molecular complexity index is 946. The lowest BCUT2D eigenvalue weighted by Crippen LogP contribution is -2.30. The minimum Gasteiger partial charge on any atom is -0.367 e. The maximum absolute atomic E-state index is 13.3. The Labute approximate surface area is 182 Å². The van der Waals surface area contributed by atoms with Gasteiger partial charge in [-0.3, -0.25) is 0 Å². The van der Waals surface area contributed by atoms with Crippen molar-refractivity contribution in [3.05, 3.63) is 77.1 Å². The van der Waals surface area contributed by atoms with Crippen molar-refractivity contribution in [1.29, 1.82) is 0 Å². The van der Waals surface area contributed by atoms with Crippen LogP contribution in [0.3, 0.4) is 0 Å². The molecule has 0 atom stereocenters. The van der Waals surface area contributed by atoms with Crippen LogP contribution in [-0.2, 0) is 13.1 Å². The summed E-state index contributed by atoms with van der Waals surface area (Å²) < 4.78 is 15.4. The Balaban J connectivity index is 1.55. The fourth-order valence-corrected chi connectivity index (χ4v) is 4.17. The molecular weight excluding hydrogens is 399 g/mol. The van der Waals surface area contributed by atoms with Crippen LogP contribution < -0.4 is 10.2 Å². The van der Waals surface area contributed by atoms with Crippen LogP contribution >= 0.6 is 11.6 Å². The summed E-state index contributed by atoms with van der Waals surface area (Å²) in [6.45, 7) is 1.37. The third-order valence-corrected chi connectivity index (χ3v) is 6.01. The quantitative estimate of drug-likeness (QED) is 0.524. The second-order valence-corrected chi connectivity index (χ2v) is 8.48. The first-order valence-electron chi connectivity index (χ1n) is 10.6. The van der Waals surface area contributed by atoms with Gasteiger partial charge in [0.05, 0.1) is 12.2 Å². The van der Waals surface area contributed by atoms with E-state index in [4.69, 9.17) is 16.6 Å². The average Bonchev–Trinajstić information content (AvgIpc) is 3.16. The Kier molecular flexibility index (Phi) is 6.70. The molecule has 1 fully saturated rings. The molecule has 0 amide bonds. The van der Waals surface area contributed by atoms with Crippen molar-refractivity contribution in [2.24, 2.45) is 0 Å². The number of halogens is 2. The molecule has 0 bridgehead atoms. The maximum Gasteiger partial charge on any atom is 0.133 e. The van der Waals surface area contributed by atoms with Gasteiger partial charge in [0.2, 0.25) is 0 Å². The number of aromatic nitrogens is 2. The van der Waals surface area contributed by atoms with Gasteiger partial charge in [-0.2, -0.15) is 0 Å². The van der Waals surface area contributed by atoms with Gasteiger partial charge in [-0.15, -0.1) is 0 Å². The van der Waals surface area contributed by atoms with Crippen molar-refractivity contribution in [3.63, 3.8) is 0 Å². The molecule has 6 heteroatoms. The predicted octanol–water partition coefficient (Wildman–Crippen LogP) is 5.72. The van der Waals surface area contributed by atoms with Crippen molar-refractivity contribution in [1.82, 2.24) is 14.9 Å². The van der Waals surface area contributed by atoms with Crippen LogP contribution in [0, 0.1) is 5.82 Å². The molecule has 0 unspecified atom stereocenters. The third kappa shape index (κ3) is 5.21. The first-order chi connectivity index (χ1) is 14.6. The summed E-state index contributed by atoms with van der Waals surface area (Å²) in [5.41, 5.74) is 3.00. The van der Waals surface area contributed by atoms with E-state index < -0.39 is 0 Å². The van der Waals surface area contributed by atoms with Gasteiger partial charge in [0.1, 0.15) is 11.6 Å². The lowest BCUT2D eigenvalue weighted by molar-refractivity contribution is 0.371. The summed E-state index contributed by atoms with van der Waals surface area (Å²) in [4.78, 5) is 7.00. The van der Waals surface area contributed by atoms with E-state index in [-0.39, 0.29) is 5.82 Å². The van der Waals surface area contributed by atoms with Crippen molar-refractivity contribution >= 4 is 17.3 Å². The van der Waals surface area contributed by atoms with Gasteiger partial charge < -0.3 is 14.8 Å². The summed E-state index contributed by atoms with van der Waals surface area (Å²) in [5.74, 6) is 0.704. The number of rotatable bonds is 7. The molecule has 0 radical (unpaired) electrons. The van der Waals surface area contributed by atoms with Crippen LogP contribution in [0.5, 0.6) is 0 Å². The largest absolute Gasteiger partial charge is 0.367 e. The standard InChI is InChI=1S/C24H28ClFN4/c1-29(22-13-9-19(26)10-14-22)17-24-28-21(15-27-20-5-3-2-4-6-20)16-30(24)23-11-7-18(25)8-12-23/h7-14,16,20,27H,2-6,15,17H2,1H3. The minimum absolute atomic E-state index is 0.231. The Morgan fingerprint density at radius 3 is 2.47 bits per heavy atom. The molecule has 0 saturated heterocycles. The number of hydrogen-bond donors (Lipinski definition) is 1. The van der Waals surface area contributed by atoms with Crippen LogP contribution in [0.1, 0.15) is 43.6 Å². The lowest BCUT2D eigenvalue weighted by atomic mass is 9.95. The Hall–Kier alpha value is -2.37. The van der Waals surface area contributed by atoms with E-state index >= 15 is 0 Å². The molecule has 1 aliphatic rings. The molecule has 1 aromatic heterocycles. The van der Waals surface area contributed by atoms with Crippen LogP contribution in [0.2, 0.25) is 5.02 Å². The highest BCUT2D eigenvalue weighted by atomic mass is 35.5. The number of anilines is 1. The average molecular weight is 427 g/mol. The summed E-state index contributed by atoms with van der Waals surface area (Å²) in [7, 11) is 1.99. The molecule has 2 aromatic carbocycles. The van der Waals surface area contributed by atoms with E-state index in [1.165, 1.54) is 44.2 Å². The summed E-state index contributed by atoms with van der Waals surface area (Å²) >= 11 is 6.08. The second-order valence-electron chi connectivity index (χ2n) is 8.04. The number of nitrogens with zero attached hydrogens (tertiary/aromatic N) is 3. The molecule has 1 N–H and O–H groups in total. The van der Waals surface area contributed by atoms with Gasteiger partial charge in [0.25, 0.3) is 0 Å². The minimum atomic E-state index is -0.231. The normalized spacial score (nSPS) is 14.8. The lowest BCUT2D eigenvalue weighted by Gasteiger charge is -2.22. The molecule has 1 heterocycles. The molecular formula is C24H28ClFN4. The van der Waals surface area contributed by atoms with E-state index in [0.29, 0.717) is 17.6 Å². The van der Waals surface area contributed by atoms with Gasteiger partial charge in [-0.25, -0.2) is 9.37 Å². The van der Waals surface area contributed by atoms with Gasteiger partial charge in [-0.1, -0.05) is 30.9 Å². The summed E-state index contributed by atoms with van der Waals surface area (Å²) in [5, 5.41) is 4.39. The number of benzene rings is 2. The van der Waals surface area contributed by atoms with E-state index in [9.17, 15) is 4.39 Å². The smallest absolute Gasteiger partial charge is 0.133 e.